The number of carbonyl (C=O) groups excluding carboxylic acids is 1. The third kappa shape index (κ3) is 3.52. The van der Waals surface area contributed by atoms with E-state index in [1.165, 1.54) is 11.3 Å². The normalized spacial score (nSPS) is 11.3. The van der Waals surface area contributed by atoms with Gasteiger partial charge in [0.25, 0.3) is 5.91 Å². The molecule has 6 heteroatoms. The number of benzene rings is 3. The summed E-state index contributed by atoms with van der Waals surface area (Å²) >= 11 is 7.91. The van der Waals surface area contributed by atoms with E-state index in [0.29, 0.717) is 10.6 Å². The van der Waals surface area contributed by atoms with E-state index in [2.05, 4.69) is 10.5 Å². The molecule has 4 rings (SSSR count). The summed E-state index contributed by atoms with van der Waals surface area (Å²) < 4.78 is 6.30. The van der Waals surface area contributed by atoms with Gasteiger partial charge in [0.2, 0.25) is 0 Å². The molecule has 0 fully saturated rings. The van der Waals surface area contributed by atoms with E-state index in [4.69, 9.17) is 16.3 Å². The Balaban J connectivity index is 1.52. The first-order valence-corrected chi connectivity index (χ1v) is 9.43. The Labute approximate surface area is 165 Å². The van der Waals surface area contributed by atoms with Crippen LogP contribution in [0.15, 0.2) is 65.8 Å². The summed E-state index contributed by atoms with van der Waals surface area (Å²) in [5.74, 6) is 0.505. The Hall–Kier alpha value is -2.89. The lowest BCUT2D eigenvalue weighted by Crippen LogP contribution is -2.17. The molecular weight excluding hydrogens is 380 g/mol. The lowest BCUT2D eigenvalue weighted by molar-refractivity contribution is 0.0955. The number of hydrogen-bond acceptors (Lipinski definition) is 4. The summed E-state index contributed by atoms with van der Waals surface area (Å²) in [6.45, 7) is 0. The predicted molar refractivity (Wildman–Crippen MR) is 112 cm³/mol. The van der Waals surface area contributed by atoms with Crippen LogP contribution in [0.5, 0.6) is 5.75 Å². The van der Waals surface area contributed by atoms with Gasteiger partial charge in [-0.2, -0.15) is 5.10 Å². The van der Waals surface area contributed by atoms with Crippen molar-refractivity contribution in [2.24, 2.45) is 5.10 Å². The predicted octanol–water partition coefficient (Wildman–Crippen LogP) is 5.48. The molecule has 0 bridgehead atoms. The van der Waals surface area contributed by atoms with Crippen LogP contribution < -0.4 is 10.2 Å². The Morgan fingerprint density at radius 1 is 1.11 bits per heavy atom. The second-order valence-corrected chi connectivity index (χ2v) is 7.37. The lowest BCUT2D eigenvalue weighted by Gasteiger charge is -2.05. The quantitative estimate of drug-likeness (QED) is 0.368. The minimum absolute atomic E-state index is 0.277. The maximum absolute atomic E-state index is 12.4. The molecule has 27 heavy (non-hydrogen) atoms. The van der Waals surface area contributed by atoms with Crippen LogP contribution in [0.4, 0.5) is 0 Å². The van der Waals surface area contributed by atoms with Crippen LogP contribution in [0.25, 0.3) is 20.9 Å². The number of rotatable bonds is 4. The van der Waals surface area contributed by atoms with Gasteiger partial charge in [-0.25, -0.2) is 5.43 Å². The third-order valence-electron chi connectivity index (χ3n) is 4.22. The number of carbonyl (C=O) groups is 1. The Bertz CT molecular complexity index is 1180. The van der Waals surface area contributed by atoms with E-state index in [0.717, 1.165) is 31.5 Å². The molecule has 1 N–H and O–H groups in total. The van der Waals surface area contributed by atoms with E-state index in [1.807, 2.05) is 54.6 Å². The number of halogens is 1. The number of nitrogens with one attached hydrogen (secondary N) is 1. The van der Waals surface area contributed by atoms with Gasteiger partial charge in [0, 0.05) is 15.6 Å². The van der Waals surface area contributed by atoms with Gasteiger partial charge in [0.05, 0.1) is 23.2 Å². The Kier molecular flexibility index (Phi) is 4.79. The fourth-order valence-corrected chi connectivity index (χ4v) is 4.18. The summed E-state index contributed by atoms with van der Waals surface area (Å²) in [7, 11) is 1.63. The second kappa shape index (κ2) is 7.39. The van der Waals surface area contributed by atoms with Gasteiger partial charge in [-0.05, 0) is 41.1 Å². The molecule has 0 saturated heterocycles. The summed E-state index contributed by atoms with van der Waals surface area (Å²) in [5, 5.41) is 7.66. The molecule has 4 aromatic rings. The number of amides is 1. The SMILES string of the molecule is COc1ccc2cc(C(=O)N/N=C\c3sc4ccccc4c3Cl)ccc2c1. The van der Waals surface area contributed by atoms with Crippen molar-refractivity contribution in [1.82, 2.24) is 5.43 Å². The van der Waals surface area contributed by atoms with E-state index >= 15 is 0 Å². The van der Waals surface area contributed by atoms with Crippen molar-refractivity contribution in [1.29, 1.82) is 0 Å². The standard InChI is InChI=1S/C21H15ClN2O2S/c1-26-16-9-8-13-10-15(7-6-14(13)11-16)21(25)24-23-12-19-20(22)17-4-2-3-5-18(17)27-19/h2-12H,1H3,(H,24,25)/b23-12-. The highest BCUT2D eigenvalue weighted by Crippen LogP contribution is 2.33. The van der Waals surface area contributed by atoms with E-state index < -0.39 is 0 Å². The minimum atomic E-state index is -0.277. The van der Waals surface area contributed by atoms with Gasteiger partial charge >= 0.3 is 0 Å². The first-order chi connectivity index (χ1) is 13.2. The van der Waals surface area contributed by atoms with Crippen molar-refractivity contribution in [2.45, 2.75) is 0 Å². The first kappa shape index (κ1) is 17.5. The number of methoxy groups -OCH3 is 1. The van der Waals surface area contributed by atoms with Crippen LogP contribution in [-0.2, 0) is 0 Å². The van der Waals surface area contributed by atoms with Gasteiger partial charge in [-0.3, -0.25) is 4.79 Å². The highest BCUT2D eigenvalue weighted by atomic mass is 35.5. The molecule has 0 aliphatic rings. The van der Waals surface area contributed by atoms with Crippen molar-refractivity contribution in [3.63, 3.8) is 0 Å². The number of nitrogens with zero attached hydrogens (tertiary/aromatic N) is 1. The molecule has 0 spiro atoms. The fraction of sp³-hybridized carbons (Fsp3) is 0.0476. The van der Waals surface area contributed by atoms with Gasteiger partial charge in [-0.1, -0.05) is 41.9 Å². The molecule has 1 heterocycles. The monoisotopic (exact) mass is 394 g/mol. The van der Waals surface area contributed by atoms with Crippen LogP contribution in [0.3, 0.4) is 0 Å². The molecule has 0 atom stereocenters. The summed E-state index contributed by atoms with van der Waals surface area (Å²) in [4.78, 5) is 13.2. The summed E-state index contributed by atoms with van der Waals surface area (Å²) in [6.07, 6.45) is 1.58. The molecule has 134 valence electrons. The fourth-order valence-electron chi connectivity index (χ4n) is 2.82. The van der Waals surface area contributed by atoms with Crippen molar-refractivity contribution in [3.05, 3.63) is 76.1 Å². The zero-order chi connectivity index (χ0) is 18.8. The molecule has 0 aliphatic heterocycles. The second-order valence-electron chi connectivity index (χ2n) is 5.90. The minimum Gasteiger partial charge on any atom is -0.497 e. The molecule has 0 saturated carbocycles. The largest absolute Gasteiger partial charge is 0.497 e. The van der Waals surface area contributed by atoms with Gasteiger partial charge in [0.1, 0.15) is 5.75 Å². The lowest BCUT2D eigenvalue weighted by atomic mass is 10.1. The molecule has 1 amide bonds. The van der Waals surface area contributed by atoms with Crippen LogP contribution in [0, 0.1) is 0 Å². The third-order valence-corrected chi connectivity index (χ3v) is 5.84. The number of hydrogen-bond donors (Lipinski definition) is 1. The molecule has 0 unspecified atom stereocenters. The number of thiophene rings is 1. The average molecular weight is 395 g/mol. The van der Waals surface area contributed by atoms with Crippen molar-refractivity contribution >= 4 is 55.9 Å². The van der Waals surface area contributed by atoms with Crippen LogP contribution in [0.2, 0.25) is 5.02 Å². The van der Waals surface area contributed by atoms with Crippen molar-refractivity contribution in [2.75, 3.05) is 7.11 Å². The van der Waals surface area contributed by atoms with Crippen LogP contribution >= 0.6 is 22.9 Å². The zero-order valence-corrected chi connectivity index (χ0v) is 16.0. The maximum Gasteiger partial charge on any atom is 0.271 e. The molecular formula is C21H15ClN2O2S. The highest BCUT2D eigenvalue weighted by molar-refractivity contribution is 7.21. The van der Waals surface area contributed by atoms with Crippen molar-refractivity contribution < 1.29 is 9.53 Å². The van der Waals surface area contributed by atoms with Gasteiger partial charge in [-0.15, -0.1) is 11.3 Å². The van der Waals surface area contributed by atoms with Gasteiger partial charge in [0.15, 0.2) is 0 Å². The van der Waals surface area contributed by atoms with E-state index in [1.54, 1.807) is 19.4 Å². The summed E-state index contributed by atoms with van der Waals surface area (Å²) in [6, 6.07) is 19.1. The van der Waals surface area contributed by atoms with E-state index in [-0.39, 0.29) is 5.91 Å². The van der Waals surface area contributed by atoms with Crippen LogP contribution in [0.1, 0.15) is 15.2 Å². The maximum atomic E-state index is 12.4. The average Bonchev–Trinajstić information content (AvgIpc) is 3.03. The number of ether oxygens (including phenoxy) is 1. The van der Waals surface area contributed by atoms with E-state index in [9.17, 15) is 4.79 Å². The van der Waals surface area contributed by atoms with Crippen molar-refractivity contribution in [3.8, 4) is 5.75 Å². The molecule has 1 aromatic heterocycles. The first-order valence-electron chi connectivity index (χ1n) is 8.24. The Morgan fingerprint density at radius 3 is 2.70 bits per heavy atom. The summed E-state index contributed by atoms with van der Waals surface area (Å²) in [5.41, 5.74) is 3.09. The molecule has 0 radical (unpaired) electrons. The Morgan fingerprint density at radius 2 is 1.89 bits per heavy atom. The number of fused-ring (bicyclic) bond motifs is 2. The molecule has 4 nitrogen and oxygen atoms in total. The molecule has 0 aliphatic carbocycles. The number of hydrazone groups is 1. The zero-order valence-electron chi connectivity index (χ0n) is 14.4. The van der Waals surface area contributed by atoms with Crippen LogP contribution in [-0.4, -0.2) is 19.2 Å². The molecule has 3 aromatic carbocycles. The highest BCUT2D eigenvalue weighted by Gasteiger charge is 2.09. The topological polar surface area (TPSA) is 50.7 Å². The smallest absolute Gasteiger partial charge is 0.271 e. The van der Waals surface area contributed by atoms with Gasteiger partial charge < -0.3 is 4.74 Å².